The number of fused-ring (bicyclic) bond motifs is 1. The number of rotatable bonds is 0. The van der Waals surface area contributed by atoms with Gasteiger partial charge in [-0.25, -0.2) is 0 Å². The second kappa shape index (κ2) is 2.79. The van der Waals surface area contributed by atoms with Crippen molar-refractivity contribution in [3.63, 3.8) is 0 Å². The van der Waals surface area contributed by atoms with Gasteiger partial charge in [0.25, 0.3) is 0 Å². The first-order valence-corrected chi connectivity index (χ1v) is 4.27. The summed E-state index contributed by atoms with van der Waals surface area (Å²) in [7, 11) is 0. The van der Waals surface area contributed by atoms with Gasteiger partial charge in [0.2, 0.25) is 0 Å². The number of aryl methyl sites for hydroxylation is 1. The molecule has 2 N–H and O–H groups in total. The van der Waals surface area contributed by atoms with Gasteiger partial charge in [-0.15, -0.1) is 0 Å². The van der Waals surface area contributed by atoms with E-state index in [-0.39, 0.29) is 6.04 Å². The van der Waals surface area contributed by atoms with Crippen molar-refractivity contribution in [2.75, 3.05) is 6.61 Å². The first-order valence-electron chi connectivity index (χ1n) is 4.27. The van der Waals surface area contributed by atoms with Gasteiger partial charge in [0.15, 0.2) is 0 Å². The number of ether oxygens (including phenoxy) is 1. The highest BCUT2D eigenvalue weighted by Crippen LogP contribution is 2.32. The van der Waals surface area contributed by atoms with Crippen LogP contribution in [0.5, 0.6) is 5.75 Å². The van der Waals surface area contributed by atoms with Gasteiger partial charge in [-0.3, -0.25) is 0 Å². The van der Waals surface area contributed by atoms with Crippen molar-refractivity contribution < 1.29 is 4.74 Å². The highest BCUT2D eigenvalue weighted by Gasteiger charge is 2.18. The van der Waals surface area contributed by atoms with Gasteiger partial charge < -0.3 is 10.5 Å². The normalized spacial score (nSPS) is 21.3. The van der Waals surface area contributed by atoms with Gasteiger partial charge in [0.05, 0.1) is 6.61 Å². The van der Waals surface area contributed by atoms with Crippen molar-refractivity contribution in [1.82, 2.24) is 0 Å². The third kappa shape index (κ3) is 1.08. The molecule has 1 aliphatic heterocycles. The molecule has 1 aromatic rings. The van der Waals surface area contributed by atoms with E-state index in [9.17, 15) is 0 Å². The van der Waals surface area contributed by atoms with Crippen molar-refractivity contribution in [2.45, 2.75) is 19.4 Å². The molecule has 1 atom stereocenters. The highest BCUT2D eigenvalue weighted by molar-refractivity contribution is 5.42. The lowest BCUT2D eigenvalue weighted by atomic mass is 9.97. The van der Waals surface area contributed by atoms with Crippen molar-refractivity contribution >= 4 is 0 Å². The molecule has 0 spiro atoms. The minimum Gasteiger partial charge on any atom is -0.493 e. The van der Waals surface area contributed by atoms with Crippen molar-refractivity contribution in [3.8, 4) is 5.75 Å². The molecule has 2 nitrogen and oxygen atoms in total. The van der Waals surface area contributed by atoms with Gasteiger partial charge in [-0.1, -0.05) is 12.1 Å². The van der Waals surface area contributed by atoms with E-state index < -0.39 is 0 Å². The van der Waals surface area contributed by atoms with E-state index in [0.29, 0.717) is 0 Å². The Morgan fingerprint density at radius 3 is 3.08 bits per heavy atom. The summed E-state index contributed by atoms with van der Waals surface area (Å²) < 4.78 is 5.49. The maximum absolute atomic E-state index is 5.97. The second-order valence-corrected chi connectivity index (χ2v) is 3.23. The zero-order valence-corrected chi connectivity index (χ0v) is 7.21. The van der Waals surface area contributed by atoms with Gasteiger partial charge in [0, 0.05) is 18.0 Å². The van der Waals surface area contributed by atoms with Gasteiger partial charge in [-0.2, -0.15) is 0 Å². The maximum Gasteiger partial charge on any atom is 0.124 e. The Kier molecular flexibility index (Phi) is 1.77. The predicted octanol–water partition coefficient (Wildman–Crippen LogP) is 1.78. The summed E-state index contributed by atoms with van der Waals surface area (Å²) in [5.74, 6) is 0.966. The van der Waals surface area contributed by atoms with E-state index in [1.165, 1.54) is 11.1 Å². The summed E-state index contributed by atoms with van der Waals surface area (Å²) in [6.45, 7) is 2.82. The fraction of sp³-hybridized carbons (Fsp3) is 0.400. The van der Waals surface area contributed by atoms with Crippen molar-refractivity contribution in [3.05, 3.63) is 29.3 Å². The Hall–Kier alpha value is -1.02. The molecule has 0 bridgehead atoms. The van der Waals surface area contributed by atoms with Gasteiger partial charge in [0.1, 0.15) is 5.75 Å². The predicted molar refractivity (Wildman–Crippen MR) is 48.2 cm³/mol. The van der Waals surface area contributed by atoms with Crippen LogP contribution in [0.25, 0.3) is 0 Å². The number of hydrogen-bond acceptors (Lipinski definition) is 2. The zero-order chi connectivity index (χ0) is 8.55. The van der Waals surface area contributed by atoms with Crippen LogP contribution in [0.1, 0.15) is 23.6 Å². The van der Waals surface area contributed by atoms with Crippen molar-refractivity contribution in [1.29, 1.82) is 0 Å². The Labute approximate surface area is 72.3 Å². The average molecular weight is 163 g/mol. The van der Waals surface area contributed by atoms with E-state index in [1.54, 1.807) is 0 Å². The lowest BCUT2D eigenvalue weighted by molar-refractivity contribution is 0.268. The van der Waals surface area contributed by atoms with Crippen LogP contribution >= 0.6 is 0 Å². The molecule has 12 heavy (non-hydrogen) atoms. The molecule has 64 valence electrons. The average Bonchev–Trinajstić information content (AvgIpc) is 2.04. The standard InChI is InChI=1S/C10H13NO/c1-7-3-2-4-9-10(7)8(11)5-6-12-9/h2-4,8H,5-6,11H2,1H3/t8-/m0/s1. The van der Waals surface area contributed by atoms with E-state index in [1.807, 2.05) is 12.1 Å². The molecule has 0 unspecified atom stereocenters. The third-order valence-corrected chi connectivity index (χ3v) is 2.34. The maximum atomic E-state index is 5.97. The van der Waals surface area contributed by atoms with Crippen LogP contribution in [0.3, 0.4) is 0 Å². The molecule has 0 radical (unpaired) electrons. The van der Waals surface area contributed by atoms with Gasteiger partial charge in [-0.05, 0) is 18.6 Å². The van der Waals surface area contributed by atoms with E-state index in [0.717, 1.165) is 18.8 Å². The molecule has 0 saturated heterocycles. The summed E-state index contributed by atoms with van der Waals surface area (Å²) in [5, 5.41) is 0. The lowest BCUT2D eigenvalue weighted by Gasteiger charge is -2.24. The molecule has 1 aromatic carbocycles. The summed E-state index contributed by atoms with van der Waals surface area (Å²) in [4.78, 5) is 0. The molecule has 0 fully saturated rings. The molecule has 2 heteroatoms. The smallest absolute Gasteiger partial charge is 0.124 e. The van der Waals surface area contributed by atoms with Crippen LogP contribution in [0.15, 0.2) is 18.2 Å². The first-order chi connectivity index (χ1) is 5.79. The molecule has 1 heterocycles. The van der Waals surface area contributed by atoms with Crippen LogP contribution in [0, 0.1) is 6.92 Å². The number of hydrogen-bond donors (Lipinski definition) is 1. The molecular weight excluding hydrogens is 150 g/mol. The topological polar surface area (TPSA) is 35.2 Å². The first kappa shape index (κ1) is 7.62. The largest absolute Gasteiger partial charge is 0.493 e. The van der Waals surface area contributed by atoms with Crippen LogP contribution in [0.4, 0.5) is 0 Å². The Bertz CT molecular complexity index is 296. The Balaban J connectivity index is 2.53. The lowest BCUT2D eigenvalue weighted by Crippen LogP contribution is -2.21. The van der Waals surface area contributed by atoms with Crippen LogP contribution in [-0.4, -0.2) is 6.61 Å². The van der Waals surface area contributed by atoms with E-state index >= 15 is 0 Å². The third-order valence-electron chi connectivity index (χ3n) is 2.34. The quantitative estimate of drug-likeness (QED) is 0.632. The van der Waals surface area contributed by atoms with Crippen LogP contribution in [0.2, 0.25) is 0 Å². The summed E-state index contributed by atoms with van der Waals surface area (Å²) in [5.41, 5.74) is 8.39. The molecule has 2 rings (SSSR count). The second-order valence-electron chi connectivity index (χ2n) is 3.23. The number of benzene rings is 1. The molecule has 0 amide bonds. The summed E-state index contributed by atoms with van der Waals surface area (Å²) in [6.07, 6.45) is 0.928. The minimum atomic E-state index is 0.162. The fourth-order valence-corrected chi connectivity index (χ4v) is 1.69. The van der Waals surface area contributed by atoms with E-state index in [2.05, 4.69) is 13.0 Å². The minimum absolute atomic E-state index is 0.162. The summed E-state index contributed by atoms with van der Waals surface area (Å²) >= 11 is 0. The summed E-state index contributed by atoms with van der Waals surface area (Å²) in [6, 6.07) is 6.23. The van der Waals surface area contributed by atoms with Crippen LogP contribution in [-0.2, 0) is 0 Å². The highest BCUT2D eigenvalue weighted by atomic mass is 16.5. The Morgan fingerprint density at radius 1 is 1.50 bits per heavy atom. The zero-order valence-electron chi connectivity index (χ0n) is 7.21. The number of nitrogens with two attached hydrogens (primary N) is 1. The molecular formula is C10H13NO. The van der Waals surface area contributed by atoms with E-state index in [4.69, 9.17) is 10.5 Å². The SMILES string of the molecule is Cc1cccc2c1[C@@H](N)CCO2. The molecule has 1 aliphatic rings. The molecule has 0 aromatic heterocycles. The van der Waals surface area contributed by atoms with Gasteiger partial charge >= 0.3 is 0 Å². The van der Waals surface area contributed by atoms with Crippen LogP contribution < -0.4 is 10.5 Å². The fourth-order valence-electron chi connectivity index (χ4n) is 1.69. The molecule has 0 aliphatic carbocycles. The Morgan fingerprint density at radius 2 is 2.33 bits per heavy atom. The van der Waals surface area contributed by atoms with Crippen molar-refractivity contribution in [2.24, 2.45) is 5.73 Å². The monoisotopic (exact) mass is 163 g/mol. The molecule has 0 saturated carbocycles.